The van der Waals surface area contributed by atoms with Crippen LogP contribution in [0.25, 0.3) is 0 Å². The van der Waals surface area contributed by atoms with Crippen molar-refractivity contribution in [3.8, 4) is 0 Å². The molecule has 0 fully saturated rings. The van der Waals surface area contributed by atoms with Crippen LogP contribution in [-0.2, 0) is 12.3 Å². The summed E-state index contributed by atoms with van der Waals surface area (Å²) in [6.07, 6.45) is 2.44. The van der Waals surface area contributed by atoms with E-state index in [0.29, 0.717) is 18.5 Å². The first kappa shape index (κ1) is 8.88. The molecule has 0 radical (unpaired) electrons. The van der Waals surface area contributed by atoms with Gasteiger partial charge in [0.05, 0.1) is 16.3 Å². The molecule has 0 bridgehead atoms. The fourth-order valence-electron chi connectivity index (χ4n) is 1.66. The molecule has 0 N–H and O–H groups in total. The monoisotopic (exact) mass is 203 g/mol. The highest BCUT2D eigenvalue weighted by molar-refractivity contribution is 6.31. The fourth-order valence-corrected chi connectivity index (χ4v) is 1.96. The number of aryl methyl sites for hydroxylation is 1. The van der Waals surface area contributed by atoms with Crippen molar-refractivity contribution >= 4 is 11.6 Å². The van der Waals surface area contributed by atoms with Crippen LogP contribution in [0.5, 0.6) is 0 Å². The largest absolute Gasteiger partial charge is 0.276 e. The van der Waals surface area contributed by atoms with Gasteiger partial charge in [-0.15, -0.1) is 0 Å². The SMILES string of the molecule is FC1(F)CCCc2nccc(Cl)c21. The lowest BCUT2D eigenvalue weighted by atomic mass is 9.92. The van der Waals surface area contributed by atoms with E-state index in [4.69, 9.17) is 11.6 Å². The average Bonchev–Trinajstić information content (AvgIpc) is 2.02. The molecule has 1 aromatic rings. The Morgan fingerprint density at radius 2 is 2.23 bits per heavy atom. The van der Waals surface area contributed by atoms with Crippen molar-refractivity contribution in [2.24, 2.45) is 0 Å². The number of fused-ring (bicyclic) bond motifs is 1. The van der Waals surface area contributed by atoms with E-state index in [9.17, 15) is 8.78 Å². The molecule has 0 saturated heterocycles. The van der Waals surface area contributed by atoms with Crippen molar-refractivity contribution in [1.82, 2.24) is 4.98 Å². The second kappa shape index (κ2) is 2.91. The van der Waals surface area contributed by atoms with Crippen molar-refractivity contribution < 1.29 is 8.78 Å². The van der Waals surface area contributed by atoms with Gasteiger partial charge in [0.2, 0.25) is 0 Å². The molecule has 0 aliphatic heterocycles. The summed E-state index contributed by atoms with van der Waals surface area (Å²) >= 11 is 5.71. The number of rotatable bonds is 0. The summed E-state index contributed by atoms with van der Waals surface area (Å²) in [5, 5.41) is 0.134. The molecule has 0 saturated carbocycles. The van der Waals surface area contributed by atoms with Crippen molar-refractivity contribution in [1.29, 1.82) is 0 Å². The van der Waals surface area contributed by atoms with Gasteiger partial charge in [-0.25, -0.2) is 8.78 Å². The number of nitrogens with zero attached hydrogens (tertiary/aromatic N) is 1. The predicted octanol–water partition coefficient (Wildman–Crippen LogP) is 3.16. The highest BCUT2D eigenvalue weighted by Crippen LogP contribution is 2.42. The van der Waals surface area contributed by atoms with Crippen LogP contribution in [-0.4, -0.2) is 4.98 Å². The first-order valence-corrected chi connectivity index (χ1v) is 4.51. The van der Waals surface area contributed by atoms with Crippen molar-refractivity contribution in [3.05, 3.63) is 28.5 Å². The maximum Gasteiger partial charge on any atom is 0.276 e. The van der Waals surface area contributed by atoms with E-state index in [1.165, 1.54) is 12.3 Å². The molecule has 13 heavy (non-hydrogen) atoms. The minimum atomic E-state index is -2.79. The zero-order valence-corrected chi connectivity index (χ0v) is 7.61. The van der Waals surface area contributed by atoms with Gasteiger partial charge < -0.3 is 0 Å². The molecular formula is C9H8ClF2N. The quantitative estimate of drug-likeness (QED) is 0.631. The van der Waals surface area contributed by atoms with Crippen LogP contribution in [0, 0.1) is 0 Å². The summed E-state index contributed by atoms with van der Waals surface area (Å²) in [4.78, 5) is 3.91. The third-order valence-electron chi connectivity index (χ3n) is 2.25. The van der Waals surface area contributed by atoms with Gasteiger partial charge >= 0.3 is 0 Å². The van der Waals surface area contributed by atoms with E-state index in [2.05, 4.69) is 4.98 Å². The molecule has 1 aliphatic rings. The predicted molar refractivity (Wildman–Crippen MR) is 46.1 cm³/mol. The van der Waals surface area contributed by atoms with Crippen LogP contribution in [0.2, 0.25) is 5.02 Å². The summed E-state index contributed by atoms with van der Waals surface area (Å²) in [6, 6.07) is 1.42. The highest BCUT2D eigenvalue weighted by Gasteiger charge is 2.39. The Kier molecular flexibility index (Phi) is 1.99. The van der Waals surface area contributed by atoms with E-state index < -0.39 is 5.92 Å². The van der Waals surface area contributed by atoms with E-state index in [1.807, 2.05) is 0 Å². The first-order chi connectivity index (χ1) is 6.11. The van der Waals surface area contributed by atoms with Gasteiger partial charge in [0, 0.05) is 12.6 Å². The Bertz CT molecular complexity index is 338. The minimum Gasteiger partial charge on any atom is -0.261 e. The lowest BCUT2D eigenvalue weighted by molar-refractivity contribution is -0.0222. The fraction of sp³-hybridized carbons (Fsp3) is 0.444. The zero-order valence-electron chi connectivity index (χ0n) is 6.86. The van der Waals surface area contributed by atoms with E-state index >= 15 is 0 Å². The van der Waals surface area contributed by atoms with Gasteiger partial charge in [-0.3, -0.25) is 4.98 Å². The summed E-state index contributed by atoms with van der Waals surface area (Å²) in [6.45, 7) is 0. The van der Waals surface area contributed by atoms with E-state index in [1.54, 1.807) is 0 Å². The Labute approximate surface area is 79.7 Å². The standard InChI is InChI=1S/C9H8ClF2N/c10-6-3-5-13-7-2-1-4-9(11,12)8(6)7/h3,5H,1-2,4H2. The minimum absolute atomic E-state index is 0.0667. The molecule has 0 atom stereocenters. The summed E-state index contributed by atoms with van der Waals surface area (Å²) in [5.41, 5.74) is 0.381. The molecule has 4 heteroatoms. The topological polar surface area (TPSA) is 12.9 Å². The lowest BCUT2D eigenvalue weighted by Crippen LogP contribution is -2.22. The molecule has 1 aromatic heterocycles. The Morgan fingerprint density at radius 3 is 2.92 bits per heavy atom. The van der Waals surface area contributed by atoms with Gasteiger partial charge in [-0.1, -0.05) is 11.6 Å². The highest BCUT2D eigenvalue weighted by atomic mass is 35.5. The second-order valence-corrected chi connectivity index (χ2v) is 3.58. The van der Waals surface area contributed by atoms with E-state index in [0.717, 1.165) is 0 Å². The maximum atomic E-state index is 13.3. The molecule has 0 aromatic carbocycles. The number of aromatic nitrogens is 1. The summed E-state index contributed by atoms with van der Waals surface area (Å²) in [7, 11) is 0. The van der Waals surface area contributed by atoms with Crippen molar-refractivity contribution in [2.75, 3.05) is 0 Å². The Hall–Kier alpha value is -0.700. The molecule has 0 amide bonds. The zero-order chi connectivity index (χ0) is 9.47. The summed E-state index contributed by atoms with van der Waals surface area (Å²) in [5.74, 6) is -2.79. The molecule has 1 nitrogen and oxygen atoms in total. The van der Waals surface area contributed by atoms with Gasteiger partial charge in [0.1, 0.15) is 0 Å². The smallest absolute Gasteiger partial charge is 0.261 e. The molecule has 1 heterocycles. The number of hydrogen-bond donors (Lipinski definition) is 0. The first-order valence-electron chi connectivity index (χ1n) is 4.13. The van der Waals surface area contributed by atoms with Gasteiger partial charge in [-0.2, -0.15) is 0 Å². The Balaban J connectivity index is 2.61. The normalized spacial score (nSPS) is 19.6. The Morgan fingerprint density at radius 1 is 1.46 bits per heavy atom. The van der Waals surface area contributed by atoms with Gasteiger partial charge in [0.15, 0.2) is 0 Å². The van der Waals surface area contributed by atoms with Gasteiger partial charge in [0.25, 0.3) is 5.92 Å². The maximum absolute atomic E-state index is 13.3. The van der Waals surface area contributed by atoms with E-state index in [-0.39, 0.29) is 17.0 Å². The summed E-state index contributed by atoms with van der Waals surface area (Å²) < 4.78 is 26.7. The van der Waals surface area contributed by atoms with Crippen LogP contribution in [0.15, 0.2) is 12.3 Å². The average molecular weight is 204 g/mol. The molecule has 1 aliphatic carbocycles. The van der Waals surface area contributed by atoms with Crippen molar-refractivity contribution in [2.45, 2.75) is 25.2 Å². The van der Waals surface area contributed by atoms with Crippen LogP contribution in [0.1, 0.15) is 24.1 Å². The molecule has 2 rings (SSSR count). The molecular weight excluding hydrogens is 196 g/mol. The second-order valence-electron chi connectivity index (χ2n) is 3.17. The number of halogens is 3. The van der Waals surface area contributed by atoms with Gasteiger partial charge in [-0.05, 0) is 18.9 Å². The third-order valence-corrected chi connectivity index (χ3v) is 2.56. The number of pyridine rings is 1. The molecule has 0 spiro atoms. The molecule has 70 valence electrons. The van der Waals surface area contributed by atoms with Crippen molar-refractivity contribution in [3.63, 3.8) is 0 Å². The van der Waals surface area contributed by atoms with Crippen LogP contribution < -0.4 is 0 Å². The molecule has 0 unspecified atom stereocenters. The number of alkyl halides is 2. The third kappa shape index (κ3) is 1.41. The van der Waals surface area contributed by atoms with Crippen LogP contribution in [0.4, 0.5) is 8.78 Å². The van der Waals surface area contributed by atoms with Crippen LogP contribution >= 0.6 is 11.6 Å². The lowest BCUT2D eigenvalue weighted by Gasteiger charge is -2.24. The van der Waals surface area contributed by atoms with Crippen LogP contribution in [0.3, 0.4) is 0 Å². The number of hydrogen-bond acceptors (Lipinski definition) is 1.